The van der Waals surface area contributed by atoms with Crippen LogP contribution in [0, 0.1) is 0 Å². The molecular formula is C22H37NO8. The maximum atomic E-state index is 12.9. The van der Waals surface area contributed by atoms with Gasteiger partial charge < -0.3 is 18.9 Å². The van der Waals surface area contributed by atoms with E-state index in [0.717, 1.165) is 0 Å². The summed E-state index contributed by atoms with van der Waals surface area (Å²) in [6, 6.07) is -1.33. The molecule has 0 aromatic carbocycles. The van der Waals surface area contributed by atoms with Gasteiger partial charge in [0.25, 0.3) is 0 Å². The molecule has 0 heterocycles. The summed E-state index contributed by atoms with van der Waals surface area (Å²) in [4.78, 5) is 50.6. The first-order chi connectivity index (χ1) is 13.9. The average Bonchev–Trinajstić information content (AvgIpc) is 2.51. The molecule has 0 aliphatic heterocycles. The Balaban J connectivity index is 6.04. The van der Waals surface area contributed by atoms with Crippen LogP contribution in [0.3, 0.4) is 0 Å². The van der Waals surface area contributed by atoms with Crippen LogP contribution in [-0.4, -0.2) is 59.0 Å². The molecule has 9 heteroatoms. The van der Waals surface area contributed by atoms with Gasteiger partial charge in [-0.3, -0.25) is 0 Å². The van der Waals surface area contributed by atoms with E-state index in [-0.39, 0.29) is 12.8 Å². The minimum atomic E-state index is -1.33. The third-order valence-corrected chi connectivity index (χ3v) is 3.23. The van der Waals surface area contributed by atoms with Gasteiger partial charge in [-0.2, -0.15) is 4.90 Å². The maximum Gasteiger partial charge on any atom is 0.420 e. The van der Waals surface area contributed by atoms with Crippen molar-refractivity contribution in [2.75, 3.05) is 7.11 Å². The first-order valence-electron chi connectivity index (χ1n) is 10.1. The highest BCUT2D eigenvalue weighted by Gasteiger charge is 2.41. The average molecular weight is 444 g/mol. The van der Waals surface area contributed by atoms with Crippen molar-refractivity contribution < 1.29 is 38.1 Å². The molecule has 0 aliphatic carbocycles. The van der Waals surface area contributed by atoms with Crippen LogP contribution in [0.5, 0.6) is 0 Å². The maximum absolute atomic E-state index is 12.9. The standard InChI is InChI=1S/C22H37NO8/c1-20(2,3)29-17(25)15(13-11-12-14-16(24)28-10)23(18(26)30-21(4,5)6)19(27)31-22(7,8)9/h12,14-15H,11,13H2,1-10H3/t15-/m0/s1. The number of amides is 2. The van der Waals surface area contributed by atoms with Crippen molar-refractivity contribution in [3.8, 4) is 0 Å². The Morgan fingerprint density at radius 3 is 1.55 bits per heavy atom. The molecule has 0 spiro atoms. The summed E-state index contributed by atoms with van der Waals surface area (Å²) < 4.78 is 20.6. The zero-order valence-electron chi connectivity index (χ0n) is 20.4. The molecule has 0 aliphatic rings. The number of nitrogens with zero attached hydrogens (tertiary/aromatic N) is 1. The van der Waals surface area contributed by atoms with Gasteiger partial charge in [-0.15, -0.1) is 0 Å². The summed E-state index contributed by atoms with van der Waals surface area (Å²) in [7, 11) is 1.24. The highest BCUT2D eigenvalue weighted by Crippen LogP contribution is 2.22. The molecule has 1 atom stereocenters. The van der Waals surface area contributed by atoms with E-state index in [0.29, 0.717) is 4.90 Å². The SMILES string of the molecule is COC(=O)C=CCC[C@@H](C(=O)OC(C)(C)C)N(C(=O)OC(C)(C)C)C(=O)OC(C)(C)C. The van der Waals surface area contributed by atoms with Gasteiger partial charge in [0.15, 0.2) is 0 Å². The Morgan fingerprint density at radius 2 is 1.19 bits per heavy atom. The lowest BCUT2D eigenvalue weighted by atomic mass is 10.1. The molecule has 0 unspecified atom stereocenters. The van der Waals surface area contributed by atoms with Crippen molar-refractivity contribution in [3.05, 3.63) is 12.2 Å². The molecular weight excluding hydrogens is 406 g/mol. The van der Waals surface area contributed by atoms with E-state index in [4.69, 9.17) is 14.2 Å². The first kappa shape index (κ1) is 28.4. The van der Waals surface area contributed by atoms with Crippen molar-refractivity contribution in [1.29, 1.82) is 0 Å². The van der Waals surface area contributed by atoms with Crippen LogP contribution in [0.4, 0.5) is 9.59 Å². The van der Waals surface area contributed by atoms with Gasteiger partial charge >= 0.3 is 24.1 Å². The highest BCUT2D eigenvalue weighted by molar-refractivity contribution is 5.94. The number of esters is 2. The largest absolute Gasteiger partial charge is 0.466 e. The fourth-order valence-electron chi connectivity index (χ4n) is 2.18. The van der Waals surface area contributed by atoms with Crippen LogP contribution < -0.4 is 0 Å². The third-order valence-electron chi connectivity index (χ3n) is 3.23. The third kappa shape index (κ3) is 12.7. The van der Waals surface area contributed by atoms with Gasteiger partial charge in [-0.1, -0.05) is 6.08 Å². The molecule has 0 bridgehead atoms. The molecule has 31 heavy (non-hydrogen) atoms. The predicted octanol–water partition coefficient (Wildman–Crippen LogP) is 4.38. The number of allylic oxidation sites excluding steroid dienone is 1. The summed E-state index contributed by atoms with van der Waals surface area (Å²) in [6.45, 7) is 14.8. The summed E-state index contributed by atoms with van der Waals surface area (Å²) in [5.41, 5.74) is -2.69. The minimum Gasteiger partial charge on any atom is -0.466 e. The van der Waals surface area contributed by atoms with Crippen LogP contribution in [0.2, 0.25) is 0 Å². The van der Waals surface area contributed by atoms with Gasteiger partial charge in [-0.05, 0) is 75.2 Å². The molecule has 0 rings (SSSR count). The number of ether oxygens (including phenoxy) is 4. The Kier molecular flexibility index (Phi) is 10.2. The van der Waals surface area contributed by atoms with Crippen molar-refractivity contribution in [2.24, 2.45) is 0 Å². The zero-order valence-corrected chi connectivity index (χ0v) is 20.4. The quantitative estimate of drug-likeness (QED) is 0.338. The zero-order chi connectivity index (χ0) is 24.6. The number of methoxy groups -OCH3 is 1. The number of carbonyl (C=O) groups is 4. The lowest BCUT2D eigenvalue weighted by Crippen LogP contribution is -2.53. The van der Waals surface area contributed by atoms with Gasteiger partial charge in [0.05, 0.1) is 7.11 Å². The normalized spacial score (nSPS) is 13.4. The van der Waals surface area contributed by atoms with Gasteiger partial charge in [0, 0.05) is 6.08 Å². The number of hydrogen-bond acceptors (Lipinski definition) is 8. The highest BCUT2D eigenvalue weighted by atomic mass is 16.6. The van der Waals surface area contributed by atoms with E-state index in [1.54, 1.807) is 62.3 Å². The van der Waals surface area contributed by atoms with Crippen molar-refractivity contribution in [2.45, 2.75) is 98.0 Å². The van der Waals surface area contributed by atoms with Crippen molar-refractivity contribution in [1.82, 2.24) is 4.90 Å². The molecule has 0 saturated heterocycles. The van der Waals surface area contributed by atoms with Crippen LogP contribution in [0.25, 0.3) is 0 Å². The van der Waals surface area contributed by atoms with E-state index in [1.165, 1.54) is 19.3 Å². The van der Waals surface area contributed by atoms with E-state index >= 15 is 0 Å². The predicted molar refractivity (Wildman–Crippen MR) is 114 cm³/mol. The van der Waals surface area contributed by atoms with E-state index in [9.17, 15) is 19.2 Å². The molecule has 0 fully saturated rings. The molecule has 2 amide bonds. The number of imide groups is 1. The van der Waals surface area contributed by atoms with Crippen LogP contribution in [0.1, 0.15) is 75.2 Å². The molecule has 0 saturated carbocycles. The lowest BCUT2D eigenvalue weighted by molar-refractivity contribution is -0.161. The Labute approximate surface area is 185 Å². The van der Waals surface area contributed by atoms with Gasteiger partial charge in [0.1, 0.15) is 22.8 Å². The summed E-state index contributed by atoms with van der Waals surface area (Å²) in [6.07, 6.45) is 0.773. The van der Waals surface area contributed by atoms with Crippen LogP contribution >= 0.6 is 0 Å². The fourth-order valence-corrected chi connectivity index (χ4v) is 2.18. The van der Waals surface area contributed by atoms with E-state index in [1.807, 2.05) is 0 Å². The van der Waals surface area contributed by atoms with Crippen LogP contribution in [-0.2, 0) is 28.5 Å². The molecule has 178 valence electrons. The second-order valence-corrected chi connectivity index (χ2v) is 9.88. The first-order valence-corrected chi connectivity index (χ1v) is 10.1. The summed E-state index contributed by atoms with van der Waals surface area (Å²) in [5, 5.41) is 0. The Morgan fingerprint density at radius 1 is 0.774 bits per heavy atom. The lowest BCUT2D eigenvalue weighted by Gasteiger charge is -2.33. The molecule has 0 N–H and O–H groups in total. The summed E-state index contributed by atoms with van der Waals surface area (Å²) >= 11 is 0. The second kappa shape index (κ2) is 11.2. The number of carbonyl (C=O) groups excluding carboxylic acids is 4. The minimum absolute atomic E-state index is 0.0130. The fraction of sp³-hybridized carbons (Fsp3) is 0.727. The molecule has 0 radical (unpaired) electrons. The monoisotopic (exact) mass is 443 g/mol. The van der Waals surface area contributed by atoms with E-state index in [2.05, 4.69) is 4.74 Å². The summed E-state index contributed by atoms with van der Waals surface area (Å²) in [5.74, 6) is -1.36. The van der Waals surface area contributed by atoms with Gasteiger partial charge in [-0.25, -0.2) is 19.2 Å². The number of rotatable bonds is 6. The van der Waals surface area contributed by atoms with Crippen molar-refractivity contribution >= 4 is 24.1 Å². The van der Waals surface area contributed by atoms with Gasteiger partial charge in [0.2, 0.25) is 0 Å². The molecule has 0 aromatic heterocycles. The van der Waals surface area contributed by atoms with E-state index < -0.39 is 47.0 Å². The Hall–Kier alpha value is -2.58. The van der Waals surface area contributed by atoms with Crippen molar-refractivity contribution in [3.63, 3.8) is 0 Å². The molecule has 0 aromatic rings. The van der Waals surface area contributed by atoms with Crippen LogP contribution in [0.15, 0.2) is 12.2 Å². The number of hydrogen-bond donors (Lipinski definition) is 0. The Bertz CT molecular complexity index is 649. The molecule has 9 nitrogen and oxygen atoms in total. The smallest absolute Gasteiger partial charge is 0.420 e. The topological polar surface area (TPSA) is 108 Å². The second-order valence-electron chi connectivity index (χ2n) is 9.88.